The van der Waals surface area contributed by atoms with Crippen molar-refractivity contribution in [2.75, 3.05) is 7.11 Å². The van der Waals surface area contributed by atoms with Gasteiger partial charge in [0.1, 0.15) is 5.60 Å². The maximum Gasteiger partial charge on any atom is 0.312 e. The van der Waals surface area contributed by atoms with Crippen LogP contribution in [0.2, 0.25) is 0 Å². The Morgan fingerprint density at radius 2 is 1.86 bits per heavy atom. The smallest absolute Gasteiger partial charge is 0.312 e. The molecule has 2 atom stereocenters. The topological polar surface area (TPSA) is 46.5 Å². The van der Waals surface area contributed by atoms with Crippen molar-refractivity contribution in [3.8, 4) is 0 Å². The minimum atomic E-state index is -1.15. The van der Waals surface area contributed by atoms with E-state index in [1.54, 1.807) is 0 Å². The van der Waals surface area contributed by atoms with Gasteiger partial charge in [0.05, 0.1) is 13.0 Å². The number of rotatable bonds is 4. The van der Waals surface area contributed by atoms with Crippen LogP contribution >= 0.6 is 0 Å². The Balaban J connectivity index is 1.90. The van der Waals surface area contributed by atoms with Gasteiger partial charge in [-0.1, -0.05) is 54.6 Å². The molecule has 3 rings (SSSR count). The Bertz CT molecular complexity index is 665. The molecule has 22 heavy (non-hydrogen) atoms. The Morgan fingerprint density at radius 1 is 1.18 bits per heavy atom. The summed E-state index contributed by atoms with van der Waals surface area (Å²) < 4.78 is 4.91. The summed E-state index contributed by atoms with van der Waals surface area (Å²) in [4.78, 5) is 12.1. The Hall–Kier alpha value is -2.13. The fourth-order valence-electron chi connectivity index (χ4n) is 3.41. The van der Waals surface area contributed by atoms with Crippen LogP contribution in [0.4, 0.5) is 0 Å². The maximum atomic E-state index is 12.1. The van der Waals surface area contributed by atoms with E-state index in [-0.39, 0.29) is 5.97 Å². The number of hydrogen-bond acceptors (Lipinski definition) is 3. The first kappa shape index (κ1) is 14.8. The van der Waals surface area contributed by atoms with Crippen molar-refractivity contribution >= 4 is 5.97 Å². The summed E-state index contributed by atoms with van der Waals surface area (Å²) in [5, 5.41) is 11.3. The second kappa shape index (κ2) is 5.93. The van der Waals surface area contributed by atoms with Crippen molar-refractivity contribution in [1.82, 2.24) is 0 Å². The molecule has 2 aromatic carbocycles. The van der Waals surface area contributed by atoms with Crippen LogP contribution in [0.1, 0.15) is 23.1 Å². The first-order valence-electron chi connectivity index (χ1n) is 7.57. The summed E-state index contributed by atoms with van der Waals surface area (Å²) in [6.45, 7) is 0. The van der Waals surface area contributed by atoms with E-state index >= 15 is 0 Å². The molecule has 0 radical (unpaired) electrons. The van der Waals surface area contributed by atoms with Gasteiger partial charge >= 0.3 is 5.97 Å². The molecule has 3 nitrogen and oxygen atoms in total. The van der Waals surface area contributed by atoms with Crippen LogP contribution in [0.25, 0.3) is 0 Å². The normalized spacial score (nSPS) is 23.1. The lowest BCUT2D eigenvalue weighted by Gasteiger charge is -2.29. The average molecular weight is 296 g/mol. The third-order valence-electron chi connectivity index (χ3n) is 4.61. The number of carbonyl (C=O) groups excluding carboxylic acids is 1. The van der Waals surface area contributed by atoms with Crippen LogP contribution in [-0.4, -0.2) is 18.2 Å². The quantitative estimate of drug-likeness (QED) is 0.883. The van der Waals surface area contributed by atoms with Gasteiger partial charge in [0, 0.05) is 0 Å². The highest BCUT2D eigenvalue weighted by Gasteiger charge is 2.49. The Labute approximate surface area is 130 Å². The largest absolute Gasteiger partial charge is 0.469 e. The number of aryl methyl sites for hydroxylation is 1. The molecule has 0 amide bonds. The van der Waals surface area contributed by atoms with Crippen LogP contribution in [-0.2, 0) is 28.0 Å². The molecule has 0 saturated heterocycles. The van der Waals surface area contributed by atoms with Gasteiger partial charge in [-0.25, -0.2) is 0 Å². The molecule has 0 unspecified atom stereocenters. The molecule has 1 aliphatic rings. The molecule has 0 bridgehead atoms. The van der Waals surface area contributed by atoms with Crippen molar-refractivity contribution in [3.05, 3.63) is 71.3 Å². The van der Waals surface area contributed by atoms with E-state index in [0.29, 0.717) is 12.8 Å². The average Bonchev–Trinajstić information content (AvgIpc) is 2.87. The summed E-state index contributed by atoms with van der Waals surface area (Å²) in [5.74, 6) is -0.870. The second-order valence-corrected chi connectivity index (χ2v) is 5.85. The summed E-state index contributed by atoms with van der Waals surface area (Å²) in [6, 6.07) is 17.8. The zero-order chi connectivity index (χ0) is 15.6. The van der Waals surface area contributed by atoms with E-state index in [0.717, 1.165) is 23.1 Å². The standard InChI is InChI=1S/C19H20O3/c1-22-18(20)17-13-15-9-5-6-10-16(15)19(17,21)12-11-14-7-3-2-4-8-14/h2-10,17,21H,11-13H2,1H3/t17-,19-/m1/s1. The molecule has 0 fully saturated rings. The molecule has 1 N–H and O–H groups in total. The van der Waals surface area contributed by atoms with Crippen molar-refractivity contribution in [1.29, 1.82) is 0 Å². The third-order valence-corrected chi connectivity index (χ3v) is 4.61. The number of ether oxygens (including phenoxy) is 1. The van der Waals surface area contributed by atoms with Gasteiger partial charge in [0.25, 0.3) is 0 Å². The molecule has 0 aliphatic heterocycles. The molecule has 1 aliphatic carbocycles. The molecular formula is C19H20O3. The van der Waals surface area contributed by atoms with Gasteiger partial charge in [0.15, 0.2) is 0 Å². The lowest BCUT2D eigenvalue weighted by atomic mass is 9.82. The molecule has 0 saturated carbocycles. The van der Waals surface area contributed by atoms with Gasteiger partial charge in [-0.15, -0.1) is 0 Å². The van der Waals surface area contributed by atoms with Crippen LogP contribution in [0.3, 0.4) is 0 Å². The number of aliphatic hydroxyl groups is 1. The summed E-state index contributed by atoms with van der Waals surface area (Å²) >= 11 is 0. The molecule has 0 spiro atoms. The number of benzene rings is 2. The number of carbonyl (C=O) groups is 1. The summed E-state index contributed by atoms with van der Waals surface area (Å²) in [5.41, 5.74) is 1.90. The van der Waals surface area contributed by atoms with Crippen LogP contribution in [0.15, 0.2) is 54.6 Å². The Kier molecular flexibility index (Phi) is 3.99. The molecule has 0 aromatic heterocycles. The minimum absolute atomic E-state index is 0.341. The van der Waals surface area contributed by atoms with Gasteiger partial charge in [-0.05, 0) is 36.0 Å². The van der Waals surface area contributed by atoms with E-state index in [1.807, 2.05) is 54.6 Å². The zero-order valence-corrected chi connectivity index (χ0v) is 12.7. The van der Waals surface area contributed by atoms with Crippen LogP contribution in [0.5, 0.6) is 0 Å². The first-order valence-corrected chi connectivity index (χ1v) is 7.57. The van der Waals surface area contributed by atoms with Crippen molar-refractivity contribution in [3.63, 3.8) is 0 Å². The van der Waals surface area contributed by atoms with E-state index in [1.165, 1.54) is 7.11 Å². The predicted molar refractivity (Wildman–Crippen MR) is 84.3 cm³/mol. The third kappa shape index (κ3) is 2.53. The Morgan fingerprint density at radius 3 is 2.59 bits per heavy atom. The highest BCUT2D eigenvalue weighted by atomic mass is 16.5. The molecule has 0 heterocycles. The highest BCUT2D eigenvalue weighted by molar-refractivity contribution is 5.76. The monoisotopic (exact) mass is 296 g/mol. The SMILES string of the molecule is COC(=O)[C@H]1Cc2ccccc2[C@]1(O)CCc1ccccc1. The summed E-state index contributed by atoms with van der Waals surface area (Å²) in [6.07, 6.45) is 1.76. The number of hydrogen-bond donors (Lipinski definition) is 1. The second-order valence-electron chi connectivity index (χ2n) is 5.85. The van der Waals surface area contributed by atoms with Crippen molar-refractivity contribution in [2.24, 2.45) is 5.92 Å². The maximum absolute atomic E-state index is 12.1. The number of fused-ring (bicyclic) bond motifs is 1. The molecule has 3 heteroatoms. The van der Waals surface area contributed by atoms with E-state index in [9.17, 15) is 9.90 Å². The highest BCUT2D eigenvalue weighted by Crippen LogP contribution is 2.44. The molecular weight excluding hydrogens is 276 g/mol. The van der Waals surface area contributed by atoms with Crippen molar-refractivity contribution < 1.29 is 14.6 Å². The molecule has 114 valence electrons. The lowest BCUT2D eigenvalue weighted by Crippen LogP contribution is -2.37. The van der Waals surface area contributed by atoms with Gasteiger partial charge in [0.2, 0.25) is 0 Å². The molecule has 2 aromatic rings. The van der Waals surface area contributed by atoms with E-state index in [2.05, 4.69) is 0 Å². The van der Waals surface area contributed by atoms with Gasteiger partial charge < -0.3 is 9.84 Å². The first-order chi connectivity index (χ1) is 10.6. The van der Waals surface area contributed by atoms with Crippen LogP contribution < -0.4 is 0 Å². The van der Waals surface area contributed by atoms with Gasteiger partial charge in [-0.3, -0.25) is 4.79 Å². The number of methoxy groups -OCH3 is 1. The predicted octanol–water partition coefficient (Wildman–Crippen LogP) is 2.85. The van der Waals surface area contributed by atoms with E-state index in [4.69, 9.17) is 4.74 Å². The fourth-order valence-corrected chi connectivity index (χ4v) is 3.41. The van der Waals surface area contributed by atoms with Gasteiger partial charge in [-0.2, -0.15) is 0 Å². The zero-order valence-electron chi connectivity index (χ0n) is 12.7. The van der Waals surface area contributed by atoms with E-state index < -0.39 is 11.5 Å². The fraction of sp³-hybridized carbons (Fsp3) is 0.316. The minimum Gasteiger partial charge on any atom is -0.469 e. The van der Waals surface area contributed by atoms with Crippen LogP contribution in [0, 0.1) is 5.92 Å². The number of esters is 1. The lowest BCUT2D eigenvalue weighted by molar-refractivity contribution is -0.155. The van der Waals surface area contributed by atoms with Crippen molar-refractivity contribution in [2.45, 2.75) is 24.9 Å². The summed E-state index contributed by atoms with van der Waals surface area (Å²) in [7, 11) is 1.38.